The van der Waals surface area contributed by atoms with E-state index < -0.39 is 0 Å². The first-order valence-electron chi connectivity index (χ1n) is 17.8. The van der Waals surface area contributed by atoms with Crippen molar-refractivity contribution >= 4 is 106 Å². The van der Waals surface area contributed by atoms with E-state index in [4.69, 9.17) is 9.97 Å². The Labute approximate surface area is 311 Å². The van der Waals surface area contributed by atoms with Crippen LogP contribution in [0.4, 0.5) is 0 Å². The van der Waals surface area contributed by atoms with E-state index >= 15 is 0 Å². The van der Waals surface area contributed by atoms with Gasteiger partial charge in [0.05, 0.1) is 16.7 Å². The number of fused-ring (bicyclic) bond motifs is 15. The summed E-state index contributed by atoms with van der Waals surface area (Å²) in [5.74, 6) is 0.684. The van der Waals surface area contributed by atoms with Crippen LogP contribution in [0.1, 0.15) is 0 Å². The zero-order valence-corrected chi connectivity index (χ0v) is 29.9. The number of rotatable bonds is 3. The average molecular weight is 710 g/mol. The van der Waals surface area contributed by atoms with Crippen molar-refractivity contribution in [3.63, 3.8) is 0 Å². The number of thiophene rings is 2. The summed E-state index contributed by atoms with van der Waals surface area (Å²) < 4.78 is 6.17. The number of para-hydroxylation sites is 1. The summed E-state index contributed by atoms with van der Waals surface area (Å²) in [7, 11) is 0. The lowest BCUT2D eigenvalue weighted by Crippen LogP contribution is -2.03. The molecule has 0 atom stereocenters. The highest BCUT2D eigenvalue weighted by Gasteiger charge is 2.25. The third-order valence-electron chi connectivity index (χ3n) is 10.8. The van der Waals surface area contributed by atoms with Crippen LogP contribution in [0.2, 0.25) is 0 Å². The topological polar surface area (TPSA) is 30.7 Å². The largest absolute Gasteiger partial charge is 0.277 e. The second-order valence-electron chi connectivity index (χ2n) is 13.7. The summed E-state index contributed by atoms with van der Waals surface area (Å²) in [6.07, 6.45) is 0. The van der Waals surface area contributed by atoms with Crippen molar-refractivity contribution < 1.29 is 0 Å². The van der Waals surface area contributed by atoms with Crippen LogP contribution in [0.25, 0.3) is 112 Å². The van der Waals surface area contributed by atoms with Gasteiger partial charge in [0.1, 0.15) is 4.83 Å². The van der Waals surface area contributed by atoms with E-state index in [1.807, 2.05) is 11.3 Å². The van der Waals surface area contributed by atoms with Crippen LogP contribution in [0.3, 0.4) is 0 Å². The van der Waals surface area contributed by atoms with Gasteiger partial charge in [0.15, 0.2) is 0 Å². The number of nitrogens with zero attached hydrogens (tertiary/aromatic N) is 3. The Balaban J connectivity index is 1.27. The molecular weight excluding hydrogens is 683 g/mol. The van der Waals surface area contributed by atoms with E-state index in [1.54, 1.807) is 11.3 Å². The lowest BCUT2D eigenvalue weighted by molar-refractivity contribution is 1.02. The van der Waals surface area contributed by atoms with Crippen molar-refractivity contribution in [1.29, 1.82) is 0 Å². The summed E-state index contributed by atoms with van der Waals surface area (Å²) in [5, 5.41) is 12.3. The van der Waals surface area contributed by atoms with Gasteiger partial charge in [-0.05, 0) is 46.2 Å². The van der Waals surface area contributed by atoms with E-state index in [9.17, 15) is 0 Å². The highest BCUT2D eigenvalue weighted by atomic mass is 32.1. The van der Waals surface area contributed by atoms with Crippen LogP contribution < -0.4 is 0 Å². The van der Waals surface area contributed by atoms with Crippen LogP contribution in [0.5, 0.6) is 0 Å². The molecule has 0 unspecified atom stereocenters. The number of hydrogen-bond donors (Lipinski definition) is 0. The fourth-order valence-corrected chi connectivity index (χ4v) is 10.9. The first-order valence-corrected chi connectivity index (χ1v) is 19.5. The second-order valence-corrected chi connectivity index (χ2v) is 15.8. The number of hydrogen-bond acceptors (Lipinski definition) is 4. The SMILES string of the molecule is c1ccc(-c2cccc(-c3nc(-n4c5ccccc5c5c6c7ccccc7sc6c6ccccc6c54)nc4sc5ccc6ccccc6c5c34)c2)cc1. The lowest BCUT2D eigenvalue weighted by atomic mass is 9.98. The maximum atomic E-state index is 5.68. The van der Waals surface area contributed by atoms with Crippen molar-refractivity contribution in [3.05, 3.63) is 164 Å². The predicted molar refractivity (Wildman–Crippen MR) is 228 cm³/mol. The van der Waals surface area contributed by atoms with Gasteiger partial charge in [-0.3, -0.25) is 4.57 Å². The molecule has 0 amide bonds. The lowest BCUT2D eigenvalue weighted by Gasteiger charge is -2.13. The van der Waals surface area contributed by atoms with Crippen molar-refractivity contribution in [2.45, 2.75) is 0 Å². The first-order chi connectivity index (χ1) is 26.3. The Morgan fingerprint density at radius 1 is 0.415 bits per heavy atom. The van der Waals surface area contributed by atoms with E-state index in [0.717, 1.165) is 38.1 Å². The standard InChI is InChI=1S/C48H27N3S2/c1-2-13-28(14-3-1)30-16-12-17-31(27-30)44-43-40-32-18-5-4-15-29(32)25-26-39(40)53-47(43)50-48(49-44)51-37-23-10-8-21-35(37)41-42-36-22-9-11-24-38(36)52-46(42)34-20-7-6-19-33(34)45(41)51/h1-27H. The molecule has 5 heteroatoms. The maximum Gasteiger partial charge on any atom is 0.236 e. The van der Waals surface area contributed by atoms with Crippen molar-refractivity contribution in [1.82, 2.24) is 14.5 Å². The summed E-state index contributed by atoms with van der Waals surface area (Å²) in [5.41, 5.74) is 6.61. The Morgan fingerprint density at radius 2 is 1.11 bits per heavy atom. The van der Waals surface area contributed by atoms with Gasteiger partial charge in [-0.15, -0.1) is 22.7 Å². The van der Waals surface area contributed by atoms with Crippen LogP contribution >= 0.6 is 22.7 Å². The van der Waals surface area contributed by atoms with Crippen molar-refractivity contribution in [3.8, 4) is 28.3 Å². The predicted octanol–water partition coefficient (Wildman–Crippen LogP) is 13.9. The minimum atomic E-state index is 0.684. The van der Waals surface area contributed by atoms with Gasteiger partial charge in [-0.1, -0.05) is 140 Å². The normalized spacial score (nSPS) is 12.2. The molecule has 0 aliphatic rings. The molecule has 3 nitrogen and oxygen atoms in total. The fourth-order valence-electron chi connectivity index (χ4n) is 8.54. The molecule has 0 radical (unpaired) electrons. The summed E-state index contributed by atoms with van der Waals surface area (Å²) in [4.78, 5) is 12.2. The quantitative estimate of drug-likeness (QED) is 0.183. The molecule has 0 spiro atoms. The van der Waals surface area contributed by atoms with E-state index in [0.29, 0.717) is 5.95 Å². The van der Waals surface area contributed by atoms with Crippen molar-refractivity contribution in [2.75, 3.05) is 0 Å². The number of aromatic nitrogens is 3. The monoisotopic (exact) mass is 709 g/mol. The highest BCUT2D eigenvalue weighted by Crippen LogP contribution is 2.49. The van der Waals surface area contributed by atoms with Gasteiger partial charge in [0.25, 0.3) is 0 Å². The van der Waals surface area contributed by atoms with Gasteiger partial charge >= 0.3 is 0 Å². The van der Waals surface area contributed by atoms with Gasteiger partial charge in [0.2, 0.25) is 5.95 Å². The van der Waals surface area contributed by atoms with Gasteiger partial charge in [-0.2, -0.15) is 0 Å². The molecule has 0 aliphatic carbocycles. The molecule has 246 valence electrons. The molecule has 0 saturated heterocycles. The zero-order chi connectivity index (χ0) is 34.6. The maximum absolute atomic E-state index is 5.68. The molecule has 0 bridgehead atoms. The fraction of sp³-hybridized carbons (Fsp3) is 0. The zero-order valence-electron chi connectivity index (χ0n) is 28.2. The van der Waals surface area contributed by atoms with Gasteiger partial charge in [-0.25, -0.2) is 9.97 Å². The molecule has 8 aromatic carbocycles. The molecule has 0 aliphatic heterocycles. The van der Waals surface area contributed by atoms with Crippen molar-refractivity contribution in [2.24, 2.45) is 0 Å². The molecule has 0 N–H and O–H groups in total. The van der Waals surface area contributed by atoms with Gasteiger partial charge in [0, 0.05) is 62.8 Å². The van der Waals surface area contributed by atoms with Crippen LogP contribution in [-0.4, -0.2) is 14.5 Å². The Hall–Kier alpha value is -6.40. The van der Waals surface area contributed by atoms with E-state index in [2.05, 4.69) is 168 Å². The Kier molecular flexibility index (Phi) is 6.09. The molecule has 12 aromatic rings. The Bertz CT molecular complexity index is 3460. The smallest absolute Gasteiger partial charge is 0.236 e. The minimum absolute atomic E-state index is 0.684. The first kappa shape index (κ1) is 29.2. The number of benzene rings is 8. The van der Waals surface area contributed by atoms with Crippen LogP contribution in [0, 0.1) is 0 Å². The van der Waals surface area contributed by atoms with Crippen LogP contribution in [-0.2, 0) is 0 Å². The summed E-state index contributed by atoms with van der Waals surface area (Å²) in [6, 6.07) is 59.1. The molecule has 53 heavy (non-hydrogen) atoms. The Morgan fingerprint density at radius 3 is 2.00 bits per heavy atom. The van der Waals surface area contributed by atoms with E-state index in [1.165, 1.54) is 68.1 Å². The third kappa shape index (κ3) is 4.15. The minimum Gasteiger partial charge on any atom is -0.277 e. The van der Waals surface area contributed by atoms with E-state index in [-0.39, 0.29) is 0 Å². The second kappa shape index (κ2) is 11.1. The summed E-state index contributed by atoms with van der Waals surface area (Å²) >= 11 is 3.64. The highest BCUT2D eigenvalue weighted by molar-refractivity contribution is 7.27. The molecule has 0 saturated carbocycles. The third-order valence-corrected chi connectivity index (χ3v) is 13.1. The molecule has 4 heterocycles. The molecule has 4 aromatic heterocycles. The van der Waals surface area contributed by atoms with Crippen LogP contribution in [0.15, 0.2) is 164 Å². The summed E-state index contributed by atoms with van der Waals surface area (Å²) in [6.45, 7) is 0. The molecule has 0 fully saturated rings. The molecule has 12 rings (SSSR count). The average Bonchev–Trinajstić information content (AvgIpc) is 3.91. The molecular formula is C48H27N3S2. The van der Waals surface area contributed by atoms with Gasteiger partial charge < -0.3 is 0 Å².